The zero-order valence-electron chi connectivity index (χ0n) is 14.3. The molecule has 0 saturated heterocycles. The Morgan fingerprint density at radius 3 is 2.75 bits per heavy atom. The number of hydrogen-bond donors (Lipinski definition) is 3. The number of phenols is 1. The minimum Gasteiger partial charge on any atom is -0.506 e. The van der Waals surface area contributed by atoms with Crippen molar-refractivity contribution in [2.24, 2.45) is 0 Å². The summed E-state index contributed by atoms with van der Waals surface area (Å²) in [6.07, 6.45) is 1.67. The van der Waals surface area contributed by atoms with Crippen molar-refractivity contribution in [1.29, 1.82) is 5.26 Å². The molecule has 0 radical (unpaired) electrons. The van der Waals surface area contributed by atoms with Gasteiger partial charge in [0.2, 0.25) is 0 Å². The third kappa shape index (κ3) is 3.22. The number of rotatable bonds is 2. The first-order valence-corrected chi connectivity index (χ1v) is 8.99. The smallest absolute Gasteiger partial charge is 0.173 e. The van der Waals surface area contributed by atoms with Crippen molar-refractivity contribution in [3.05, 3.63) is 69.3 Å². The third-order valence-electron chi connectivity index (χ3n) is 4.37. The van der Waals surface area contributed by atoms with Crippen molar-refractivity contribution in [3.63, 3.8) is 0 Å². The van der Waals surface area contributed by atoms with E-state index in [4.69, 9.17) is 28.5 Å². The Hall–Kier alpha value is -3.27. The number of nitrogens with one attached hydrogen (secondary N) is 2. The lowest BCUT2D eigenvalue weighted by atomic mass is 10.0. The summed E-state index contributed by atoms with van der Waals surface area (Å²) >= 11 is 12.1. The van der Waals surface area contributed by atoms with Crippen molar-refractivity contribution in [3.8, 4) is 11.8 Å². The number of carbonyl (C=O) groups is 1. The molecule has 0 spiro atoms. The van der Waals surface area contributed by atoms with Gasteiger partial charge in [-0.25, -0.2) is 4.98 Å². The number of pyridine rings is 1. The number of carbonyl (C=O) groups excluding carboxylic acids is 1. The fourth-order valence-electron chi connectivity index (χ4n) is 3.04. The van der Waals surface area contributed by atoms with Crippen LogP contribution in [0.5, 0.6) is 5.75 Å². The maximum absolute atomic E-state index is 13.0. The molecule has 0 unspecified atom stereocenters. The Balaban J connectivity index is 1.77. The highest BCUT2D eigenvalue weighted by atomic mass is 35.5. The van der Waals surface area contributed by atoms with Gasteiger partial charge in [0.15, 0.2) is 5.78 Å². The van der Waals surface area contributed by atoms with E-state index >= 15 is 0 Å². The lowest BCUT2D eigenvalue weighted by molar-refractivity contribution is 0.0995. The van der Waals surface area contributed by atoms with E-state index in [-0.39, 0.29) is 23.0 Å². The molecule has 1 aromatic heterocycles. The largest absolute Gasteiger partial charge is 0.506 e. The Bertz CT molecular complexity index is 1170. The van der Waals surface area contributed by atoms with Gasteiger partial charge in [-0.3, -0.25) is 4.79 Å². The summed E-state index contributed by atoms with van der Waals surface area (Å²) in [5.74, 6) is 0.101. The zero-order valence-corrected chi connectivity index (χ0v) is 15.8. The van der Waals surface area contributed by atoms with Gasteiger partial charge in [0, 0.05) is 24.4 Å². The molecule has 2 heterocycles. The summed E-state index contributed by atoms with van der Waals surface area (Å²) in [7, 11) is 0. The van der Waals surface area contributed by atoms with Crippen molar-refractivity contribution in [2.45, 2.75) is 6.42 Å². The SMILES string of the molecule is N#Cc1ccc2c(c1)CC(=O)c1c(Nc3cc(O)c(Cl)cc3Cl)ccnc1N2. The zero-order chi connectivity index (χ0) is 19.8. The molecule has 6 nitrogen and oxygen atoms in total. The molecule has 0 saturated carbocycles. The second-order valence-electron chi connectivity index (χ2n) is 6.20. The van der Waals surface area contributed by atoms with Crippen LogP contribution in [0.2, 0.25) is 10.0 Å². The molecule has 0 fully saturated rings. The van der Waals surface area contributed by atoms with Gasteiger partial charge in [-0.15, -0.1) is 0 Å². The maximum Gasteiger partial charge on any atom is 0.173 e. The normalized spacial score (nSPS) is 12.2. The molecule has 1 aliphatic rings. The molecule has 1 aliphatic heterocycles. The molecule has 138 valence electrons. The van der Waals surface area contributed by atoms with Gasteiger partial charge in [0.25, 0.3) is 0 Å². The molecule has 28 heavy (non-hydrogen) atoms. The Morgan fingerprint density at radius 1 is 1.14 bits per heavy atom. The van der Waals surface area contributed by atoms with Gasteiger partial charge in [-0.1, -0.05) is 23.2 Å². The maximum atomic E-state index is 13.0. The average molecular weight is 411 g/mol. The van der Waals surface area contributed by atoms with E-state index in [1.807, 2.05) is 0 Å². The topological polar surface area (TPSA) is 98.0 Å². The van der Waals surface area contributed by atoms with Crippen LogP contribution >= 0.6 is 23.2 Å². The molecular weight excluding hydrogens is 399 g/mol. The molecule has 0 aliphatic carbocycles. The van der Waals surface area contributed by atoms with Crippen molar-refractivity contribution < 1.29 is 9.90 Å². The first kappa shape index (κ1) is 18.1. The highest BCUT2D eigenvalue weighted by Crippen LogP contribution is 2.38. The molecule has 0 amide bonds. The number of anilines is 4. The number of aromatic hydroxyl groups is 1. The highest BCUT2D eigenvalue weighted by molar-refractivity contribution is 6.37. The number of hydrogen-bond acceptors (Lipinski definition) is 6. The molecule has 2 aromatic carbocycles. The van der Waals surface area contributed by atoms with Crippen LogP contribution in [-0.2, 0) is 6.42 Å². The van der Waals surface area contributed by atoms with Crippen molar-refractivity contribution in [2.75, 3.05) is 10.6 Å². The summed E-state index contributed by atoms with van der Waals surface area (Å²) < 4.78 is 0. The van der Waals surface area contributed by atoms with Crippen LogP contribution in [0.4, 0.5) is 22.9 Å². The molecular formula is C20H12Cl2N4O2. The second kappa shape index (κ2) is 7.04. The fourth-order valence-corrected chi connectivity index (χ4v) is 3.47. The third-order valence-corrected chi connectivity index (χ3v) is 4.99. The van der Waals surface area contributed by atoms with Crippen LogP contribution in [-0.4, -0.2) is 15.9 Å². The quantitative estimate of drug-likeness (QED) is 0.537. The van der Waals surface area contributed by atoms with Crippen molar-refractivity contribution >= 4 is 51.9 Å². The van der Waals surface area contributed by atoms with Crippen LogP contribution in [0.1, 0.15) is 21.5 Å². The predicted octanol–water partition coefficient (Wildman–Crippen LogP) is 5.19. The van der Waals surface area contributed by atoms with Crippen LogP contribution in [0.15, 0.2) is 42.6 Å². The van der Waals surface area contributed by atoms with E-state index in [9.17, 15) is 9.90 Å². The highest BCUT2D eigenvalue weighted by Gasteiger charge is 2.24. The standard InChI is InChI=1S/C20H12Cl2N4O2/c21-12-7-13(22)17(27)8-16(12)25-15-3-4-24-20-19(15)18(28)6-11-5-10(9-23)1-2-14(11)26-20/h1-5,7-8,27H,6H2,(H2,24,25,26). The van der Waals surface area contributed by atoms with Crippen LogP contribution in [0, 0.1) is 11.3 Å². The summed E-state index contributed by atoms with van der Waals surface area (Å²) in [6.45, 7) is 0. The van der Waals surface area contributed by atoms with Gasteiger partial charge < -0.3 is 15.7 Å². The summed E-state index contributed by atoms with van der Waals surface area (Å²) in [5.41, 5.74) is 3.17. The van der Waals surface area contributed by atoms with E-state index in [1.165, 1.54) is 12.1 Å². The van der Waals surface area contributed by atoms with E-state index in [0.29, 0.717) is 33.3 Å². The summed E-state index contributed by atoms with van der Waals surface area (Å²) in [6, 6.07) is 11.7. The molecule has 0 atom stereocenters. The van der Waals surface area contributed by atoms with Gasteiger partial charge in [0.1, 0.15) is 11.6 Å². The molecule has 0 bridgehead atoms. The van der Waals surface area contributed by atoms with Gasteiger partial charge in [0.05, 0.1) is 38.6 Å². The number of aromatic nitrogens is 1. The number of Topliss-reactive ketones (excluding diaryl/α,β-unsaturated/α-hetero) is 1. The van der Waals surface area contributed by atoms with Crippen molar-refractivity contribution in [1.82, 2.24) is 4.98 Å². The number of nitriles is 1. The Kier molecular flexibility index (Phi) is 4.55. The predicted molar refractivity (Wildman–Crippen MR) is 108 cm³/mol. The first-order chi connectivity index (χ1) is 13.5. The number of ketones is 1. The number of fused-ring (bicyclic) bond motifs is 2. The van der Waals surface area contributed by atoms with Crippen LogP contribution in [0.3, 0.4) is 0 Å². The number of halogens is 2. The summed E-state index contributed by atoms with van der Waals surface area (Å²) in [5, 5.41) is 25.6. The van der Waals surface area contributed by atoms with Crippen LogP contribution < -0.4 is 10.6 Å². The Labute approximate surface area is 170 Å². The minimum absolute atomic E-state index is 0.116. The van der Waals surface area contributed by atoms with Gasteiger partial charge in [-0.2, -0.15) is 5.26 Å². The average Bonchev–Trinajstić information content (AvgIpc) is 2.81. The number of benzene rings is 2. The molecule has 4 rings (SSSR count). The monoisotopic (exact) mass is 410 g/mol. The summed E-state index contributed by atoms with van der Waals surface area (Å²) in [4.78, 5) is 17.3. The molecule has 3 N–H and O–H groups in total. The minimum atomic E-state index is -0.166. The van der Waals surface area contributed by atoms with E-state index in [1.54, 1.807) is 30.5 Å². The van der Waals surface area contributed by atoms with E-state index < -0.39 is 0 Å². The lowest BCUT2D eigenvalue weighted by Crippen LogP contribution is -2.08. The molecule has 3 aromatic rings. The van der Waals surface area contributed by atoms with E-state index in [0.717, 1.165) is 11.3 Å². The van der Waals surface area contributed by atoms with Gasteiger partial charge >= 0.3 is 0 Å². The number of nitrogens with zero attached hydrogens (tertiary/aromatic N) is 2. The van der Waals surface area contributed by atoms with Gasteiger partial charge in [-0.05, 0) is 35.9 Å². The first-order valence-electron chi connectivity index (χ1n) is 8.23. The lowest BCUT2D eigenvalue weighted by Gasteiger charge is -2.15. The number of phenolic OH excluding ortho intramolecular Hbond substituents is 1. The molecule has 8 heteroatoms. The fraction of sp³-hybridized carbons (Fsp3) is 0.0500. The van der Waals surface area contributed by atoms with E-state index in [2.05, 4.69) is 21.7 Å². The van der Waals surface area contributed by atoms with Crippen LogP contribution in [0.25, 0.3) is 0 Å². The Morgan fingerprint density at radius 2 is 1.96 bits per heavy atom. The second-order valence-corrected chi connectivity index (χ2v) is 7.01.